The van der Waals surface area contributed by atoms with Gasteiger partial charge < -0.3 is 0 Å². The molecule has 0 bridgehead atoms. The van der Waals surface area contributed by atoms with E-state index in [1.165, 1.54) is 12.1 Å². The summed E-state index contributed by atoms with van der Waals surface area (Å²) in [4.78, 5) is 0. The van der Waals surface area contributed by atoms with Gasteiger partial charge in [0.05, 0.1) is 11.4 Å². The van der Waals surface area contributed by atoms with Gasteiger partial charge in [0, 0.05) is 10.0 Å². The molecule has 0 radical (unpaired) electrons. The lowest BCUT2D eigenvalue weighted by Gasteiger charge is -1.97. The Kier molecular flexibility index (Phi) is 3.17. The van der Waals surface area contributed by atoms with Crippen LogP contribution in [-0.4, -0.2) is 10.2 Å². The van der Waals surface area contributed by atoms with Crippen LogP contribution in [-0.2, 0) is 0 Å². The molecule has 0 aliphatic rings. The smallest absolute Gasteiger partial charge is 0.123 e. The highest BCUT2D eigenvalue weighted by molar-refractivity contribution is 9.10. The Balaban J connectivity index is 1.97. The van der Waals surface area contributed by atoms with Crippen LogP contribution in [0.1, 0.15) is 0 Å². The molecule has 0 fully saturated rings. The molecule has 3 rings (SSSR count). The van der Waals surface area contributed by atoms with Crippen LogP contribution in [0.3, 0.4) is 0 Å². The van der Waals surface area contributed by atoms with Gasteiger partial charge in [-0.05, 0) is 48.0 Å². The second kappa shape index (κ2) is 4.97. The lowest BCUT2D eigenvalue weighted by atomic mass is 10.1. The van der Waals surface area contributed by atoms with Crippen LogP contribution < -0.4 is 0 Å². The summed E-state index contributed by atoms with van der Waals surface area (Å²) < 4.78 is 13.9. The van der Waals surface area contributed by atoms with E-state index < -0.39 is 0 Å². The Morgan fingerprint density at radius 3 is 2.47 bits per heavy atom. The maximum Gasteiger partial charge on any atom is 0.123 e. The minimum absolute atomic E-state index is 0.240. The van der Waals surface area contributed by atoms with Crippen molar-refractivity contribution in [3.63, 3.8) is 0 Å². The summed E-state index contributed by atoms with van der Waals surface area (Å²) in [5.74, 6) is -0.240. The van der Waals surface area contributed by atoms with E-state index in [2.05, 4.69) is 26.1 Å². The number of aromatic amines is 1. The molecule has 1 heterocycles. The van der Waals surface area contributed by atoms with Crippen LogP contribution in [0.15, 0.2) is 59.1 Å². The maximum absolute atomic E-state index is 12.9. The number of rotatable bonds is 2. The first-order valence-electron chi connectivity index (χ1n) is 5.80. The molecular weight excluding hydrogens is 307 g/mol. The quantitative estimate of drug-likeness (QED) is 0.732. The van der Waals surface area contributed by atoms with E-state index >= 15 is 0 Å². The molecule has 0 spiro atoms. The van der Waals surface area contributed by atoms with E-state index in [0.29, 0.717) is 0 Å². The molecule has 0 unspecified atom stereocenters. The Bertz CT molecular complexity index is 704. The summed E-state index contributed by atoms with van der Waals surface area (Å²) >= 11 is 3.44. The third-order valence-electron chi connectivity index (χ3n) is 2.85. The standard InChI is InChI=1S/C15H10BrFN2/c16-12-3-1-2-11(8-12)15-9-14(18-19-15)10-4-6-13(17)7-5-10/h1-9H,(H,18,19). The van der Waals surface area contributed by atoms with Crippen molar-refractivity contribution >= 4 is 15.9 Å². The van der Waals surface area contributed by atoms with Crippen LogP contribution in [0.4, 0.5) is 4.39 Å². The molecule has 0 aliphatic carbocycles. The predicted molar refractivity (Wildman–Crippen MR) is 77.1 cm³/mol. The predicted octanol–water partition coefficient (Wildman–Crippen LogP) is 4.65. The number of nitrogens with one attached hydrogen (secondary N) is 1. The lowest BCUT2D eigenvalue weighted by Crippen LogP contribution is -1.78. The first kappa shape index (κ1) is 12.1. The molecule has 1 N–H and O–H groups in total. The number of halogens is 2. The zero-order valence-electron chi connectivity index (χ0n) is 9.90. The number of benzene rings is 2. The summed E-state index contributed by atoms with van der Waals surface area (Å²) in [6.45, 7) is 0. The number of nitrogens with zero attached hydrogens (tertiary/aromatic N) is 1. The molecule has 0 atom stereocenters. The van der Waals surface area contributed by atoms with Gasteiger partial charge in [-0.15, -0.1) is 0 Å². The van der Waals surface area contributed by atoms with Gasteiger partial charge in [-0.2, -0.15) is 5.10 Å². The van der Waals surface area contributed by atoms with Crippen molar-refractivity contribution in [1.29, 1.82) is 0 Å². The van der Waals surface area contributed by atoms with Crippen molar-refractivity contribution in [2.24, 2.45) is 0 Å². The van der Waals surface area contributed by atoms with Crippen molar-refractivity contribution in [1.82, 2.24) is 10.2 Å². The first-order chi connectivity index (χ1) is 9.22. The normalized spacial score (nSPS) is 10.6. The molecule has 2 aromatic carbocycles. The Morgan fingerprint density at radius 2 is 1.74 bits per heavy atom. The SMILES string of the molecule is Fc1ccc(-c2cc(-c3cccc(Br)c3)n[nH]2)cc1. The first-order valence-corrected chi connectivity index (χ1v) is 6.59. The highest BCUT2D eigenvalue weighted by atomic mass is 79.9. The molecule has 0 saturated heterocycles. The van der Waals surface area contributed by atoms with Gasteiger partial charge in [-0.25, -0.2) is 4.39 Å². The molecule has 94 valence electrons. The molecule has 4 heteroatoms. The largest absolute Gasteiger partial charge is 0.277 e. The molecule has 0 saturated carbocycles. The van der Waals surface area contributed by atoms with Crippen LogP contribution in [0.2, 0.25) is 0 Å². The summed E-state index contributed by atoms with van der Waals surface area (Å²) in [5, 5.41) is 7.26. The lowest BCUT2D eigenvalue weighted by molar-refractivity contribution is 0.628. The van der Waals surface area contributed by atoms with Crippen LogP contribution >= 0.6 is 15.9 Å². The molecule has 2 nitrogen and oxygen atoms in total. The van der Waals surface area contributed by atoms with Gasteiger partial charge in [0.25, 0.3) is 0 Å². The van der Waals surface area contributed by atoms with Gasteiger partial charge in [0.1, 0.15) is 5.82 Å². The third-order valence-corrected chi connectivity index (χ3v) is 3.35. The van der Waals surface area contributed by atoms with E-state index in [1.54, 1.807) is 12.1 Å². The highest BCUT2D eigenvalue weighted by Crippen LogP contribution is 2.25. The van der Waals surface area contributed by atoms with Gasteiger partial charge in [0.2, 0.25) is 0 Å². The number of H-pyrrole nitrogens is 1. The average Bonchev–Trinajstić information content (AvgIpc) is 2.89. The van der Waals surface area contributed by atoms with Crippen LogP contribution in [0.5, 0.6) is 0 Å². The molecular formula is C15H10BrFN2. The minimum Gasteiger partial charge on any atom is -0.277 e. The Labute approximate surface area is 118 Å². The fourth-order valence-electron chi connectivity index (χ4n) is 1.89. The van der Waals surface area contributed by atoms with Crippen molar-refractivity contribution in [2.75, 3.05) is 0 Å². The van der Waals surface area contributed by atoms with E-state index in [9.17, 15) is 4.39 Å². The summed E-state index contributed by atoms with van der Waals surface area (Å²) in [5.41, 5.74) is 3.67. The van der Waals surface area contributed by atoms with Crippen molar-refractivity contribution in [3.8, 4) is 22.5 Å². The van der Waals surface area contributed by atoms with Gasteiger partial charge in [0.15, 0.2) is 0 Å². The molecule has 1 aromatic heterocycles. The van der Waals surface area contributed by atoms with E-state index in [-0.39, 0.29) is 5.82 Å². The molecule has 3 aromatic rings. The van der Waals surface area contributed by atoms with Crippen LogP contribution in [0.25, 0.3) is 22.5 Å². The van der Waals surface area contributed by atoms with Crippen LogP contribution in [0, 0.1) is 5.82 Å². The average molecular weight is 317 g/mol. The summed E-state index contributed by atoms with van der Waals surface area (Å²) in [6.07, 6.45) is 0. The Morgan fingerprint density at radius 1 is 0.947 bits per heavy atom. The summed E-state index contributed by atoms with van der Waals surface area (Å²) in [6, 6.07) is 16.2. The van der Waals surface area contributed by atoms with Gasteiger partial charge in [-0.3, -0.25) is 5.10 Å². The zero-order valence-corrected chi connectivity index (χ0v) is 11.5. The second-order valence-electron chi connectivity index (χ2n) is 4.18. The minimum atomic E-state index is -0.240. The van der Waals surface area contributed by atoms with Crippen molar-refractivity contribution in [3.05, 3.63) is 64.9 Å². The van der Waals surface area contributed by atoms with E-state index in [1.807, 2.05) is 30.3 Å². The van der Waals surface area contributed by atoms with E-state index in [4.69, 9.17) is 0 Å². The van der Waals surface area contributed by atoms with Crippen molar-refractivity contribution < 1.29 is 4.39 Å². The topological polar surface area (TPSA) is 28.7 Å². The fraction of sp³-hybridized carbons (Fsp3) is 0. The monoisotopic (exact) mass is 316 g/mol. The van der Waals surface area contributed by atoms with Gasteiger partial charge >= 0.3 is 0 Å². The number of hydrogen-bond donors (Lipinski definition) is 1. The molecule has 0 aliphatic heterocycles. The zero-order chi connectivity index (χ0) is 13.2. The molecule has 19 heavy (non-hydrogen) atoms. The summed E-state index contributed by atoms with van der Waals surface area (Å²) in [7, 11) is 0. The number of aromatic nitrogens is 2. The van der Waals surface area contributed by atoms with E-state index in [0.717, 1.165) is 27.0 Å². The fourth-order valence-corrected chi connectivity index (χ4v) is 2.29. The third kappa shape index (κ3) is 2.58. The maximum atomic E-state index is 12.9. The second-order valence-corrected chi connectivity index (χ2v) is 5.10. The Hall–Kier alpha value is -1.94. The van der Waals surface area contributed by atoms with Crippen molar-refractivity contribution in [2.45, 2.75) is 0 Å². The van der Waals surface area contributed by atoms with Gasteiger partial charge in [-0.1, -0.05) is 28.1 Å². The molecule has 0 amide bonds. The highest BCUT2D eigenvalue weighted by Gasteiger charge is 2.06. The number of hydrogen-bond acceptors (Lipinski definition) is 1.